The summed E-state index contributed by atoms with van der Waals surface area (Å²) in [6.45, 7) is 5.01. The number of carbonyl (C=O) groups is 1. The van der Waals surface area contributed by atoms with Gasteiger partial charge in [-0.25, -0.2) is 0 Å². The molecule has 0 aromatic carbocycles. The minimum absolute atomic E-state index is 0.166. The van der Waals surface area contributed by atoms with E-state index in [-0.39, 0.29) is 5.78 Å². The van der Waals surface area contributed by atoms with Crippen LogP contribution in [-0.2, 0) is 16.8 Å². The van der Waals surface area contributed by atoms with Gasteiger partial charge in [-0.05, 0) is 12.0 Å². The Morgan fingerprint density at radius 1 is 1.62 bits per heavy atom. The van der Waals surface area contributed by atoms with Crippen LogP contribution in [0.3, 0.4) is 0 Å². The standard InChI is InChI=1S/C12H15N3O/c1-9(2)7-15-11(3-4-14-15)12(8-13)5-10(16)6-12/h3-4,9H,5-7H2,1-2H3. The molecule has 0 saturated heterocycles. The van der Waals surface area contributed by atoms with Gasteiger partial charge in [0.15, 0.2) is 0 Å². The zero-order valence-electron chi connectivity index (χ0n) is 9.60. The van der Waals surface area contributed by atoms with Crippen molar-refractivity contribution in [3.63, 3.8) is 0 Å². The van der Waals surface area contributed by atoms with Crippen molar-refractivity contribution in [2.24, 2.45) is 5.92 Å². The van der Waals surface area contributed by atoms with Crippen LogP contribution in [-0.4, -0.2) is 15.6 Å². The van der Waals surface area contributed by atoms with Gasteiger partial charge in [0.2, 0.25) is 0 Å². The number of hydrogen-bond acceptors (Lipinski definition) is 3. The van der Waals surface area contributed by atoms with Crippen molar-refractivity contribution in [3.05, 3.63) is 18.0 Å². The van der Waals surface area contributed by atoms with Crippen LogP contribution in [0.25, 0.3) is 0 Å². The monoisotopic (exact) mass is 217 g/mol. The average Bonchev–Trinajstić information content (AvgIpc) is 2.60. The molecule has 0 N–H and O–H groups in total. The van der Waals surface area contributed by atoms with Crippen LogP contribution in [0.4, 0.5) is 0 Å². The third-order valence-electron chi connectivity index (χ3n) is 2.96. The molecule has 1 aromatic heterocycles. The van der Waals surface area contributed by atoms with Crippen molar-refractivity contribution < 1.29 is 4.79 Å². The number of Topliss-reactive ketones (excluding diaryl/α,β-unsaturated/α-hetero) is 1. The molecule has 0 atom stereocenters. The Bertz CT molecular complexity index is 445. The number of aromatic nitrogens is 2. The Balaban J connectivity index is 2.30. The Kier molecular flexibility index (Phi) is 2.55. The molecule has 1 fully saturated rings. The van der Waals surface area contributed by atoms with E-state index >= 15 is 0 Å². The SMILES string of the molecule is CC(C)Cn1nccc1C1(C#N)CC(=O)C1. The van der Waals surface area contributed by atoms with Crippen molar-refractivity contribution in [1.29, 1.82) is 5.26 Å². The predicted octanol–water partition coefficient (Wildman–Crippen LogP) is 1.66. The molecule has 16 heavy (non-hydrogen) atoms. The second-order valence-corrected chi connectivity index (χ2v) is 4.88. The lowest BCUT2D eigenvalue weighted by Crippen LogP contribution is -2.42. The lowest BCUT2D eigenvalue weighted by Gasteiger charge is -2.34. The molecule has 4 heteroatoms. The second kappa shape index (κ2) is 3.75. The van der Waals surface area contributed by atoms with Gasteiger partial charge >= 0.3 is 0 Å². The van der Waals surface area contributed by atoms with Gasteiger partial charge in [-0.2, -0.15) is 10.4 Å². The summed E-state index contributed by atoms with van der Waals surface area (Å²) in [6, 6.07) is 4.14. The van der Waals surface area contributed by atoms with Crippen LogP contribution >= 0.6 is 0 Å². The van der Waals surface area contributed by atoms with Gasteiger partial charge in [0.1, 0.15) is 11.2 Å². The maximum atomic E-state index is 11.1. The molecule has 0 spiro atoms. The van der Waals surface area contributed by atoms with Crippen molar-refractivity contribution >= 4 is 5.78 Å². The number of hydrogen-bond donors (Lipinski definition) is 0. The molecule has 1 saturated carbocycles. The summed E-state index contributed by atoms with van der Waals surface area (Å²) in [6.07, 6.45) is 2.39. The summed E-state index contributed by atoms with van der Waals surface area (Å²) in [4.78, 5) is 11.1. The van der Waals surface area contributed by atoms with Crippen LogP contribution in [0.15, 0.2) is 12.3 Å². The summed E-state index contributed by atoms with van der Waals surface area (Å²) in [5.74, 6) is 0.643. The van der Waals surface area contributed by atoms with Gasteiger partial charge in [0, 0.05) is 25.6 Å². The number of carbonyl (C=O) groups excluding carboxylic acids is 1. The Morgan fingerprint density at radius 3 is 2.81 bits per heavy atom. The third-order valence-corrected chi connectivity index (χ3v) is 2.96. The number of nitriles is 1. The van der Waals surface area contributed by atoms with E-state index in [1.807, 2.05) is 10.7 Å². The smallest absolute Gasteiger partial charge is 0.136 e. The van der Waals surface area contributed by atoms with Crippen LogP contribution in [0, 0.1) is 17.2 Å². The van der Waals surface area contributed by atoms with Crippen molar-refractivity contribution in [2.75, 3.05) is 0 Å². The fourth-order valence-corrected chi connectivity index (χ4v) is 2.17. The topological polar surface area (TPSA) is 58.7 Å². The van der Waals surface area contributed by atoms with Crippen LogP contribution in [0.1, 0.15) is 32.4 Å². The van der Waals surface area contributed by atoms with Crippen molar-refractivity contribution in [2.45, 2.75) is 38.6 Å². The van der Waals surface area contributed by atoms with Gasteiger partial charge in [0.25, 0.3) is 0 Å². The highest BCUT2D eigenvalue weighted by molar-refractivity contribution is 5.89. The van der Waals surface area contributed by atoms with Gasteiger partial charge in [-0.1, -0.05) is 13.8 Å². The Hall–Kier alpha value is -1.63. The van der Waals surface area contributed by atoms with E-state index in [1.54, 1.807) is 6.20 Å². The molecule has 0 bridgehead atoms. The fraction of sp³-hybridized carbons (Fsp3) is 0.583. The van der Waals surface area contributed by atoms with E-state index in [2.05, 4.69) is 25.0 Å². The normalized spacial score (nSPS) is 18.2. The molecule has 0 radical (unpaired) electrons. The van der Waals surface area contributed by atoms with E-state index in [0.29, 0.717) is 18.8 Å². The molecule has 0 amide bonds. The molecule has 2 rings (SSSR count). The van der Waals surface area contributed by atoms with Crippen molar-refractivity contribution in [3.8, 4) is 6.07 Å². The Morgan fingerprint density at radius 2 is 2.31 bits per heavy atom. The molecule has 84 valence electrons. The highest BCUT2D eigenvalue weighted by Crippen LogP contribution is 2.40. The van der Waals surface area contributed by atoms with E-state index in [9.17, 15) is 10.1 Å². The highest BCUT2D eigenvalue weighted by atomic mass is 16.1. The fourth-order valence-electron chi connectivity index (χ4n) is 2.17. The second-order valence-electron chi connectivity index (χ2n) is 4.88. The van der Waals surface area contributed by atoms with Crippen LogP contribution in [0.5, 0.6) is 0 Å². The summed E-state index contributed by atoms with van der Waals surface area (Å²) < 4.78 is 1.86. The number of nitrogens with zero attached hydrogens (tertiary/aromatic N) is 3. The van der Waals surface area contributed by atoms with Crippen LogP contribution < -0.4 is 0 Å². The van der Waals surface area contributed by atoms with Crippen molar-refractivity contribution in [1.82, 2.24) is 9.78 Å². The first-order valence-electron chi connectivity index (χ1n) is 5.52. The zero-order valence-corrected chi connectivity index (χ0v) is 9.60. The van der Waals surface area contributed by atoms with Gasteiger partial charge in [0.05, 0.1) is 11.8 Å². The third kappa shape index (κ3) is 1.63. The molecule has 0 unspecified atom stereocenters. The zero-order chi connectivity index (χ0) is 11.8. The summed E-state index contributed by atoms with van der Waals surface area (Å²) in [5, 5.41) is 13.5. The van der Waals surface area contributed by atoms with Gasteiger partial charge in [-0.3, -0.25) is 9.48 Å². The molecular formula is C12H15N3O. The first-order chi connectivity index (χ1) is 7.57. The largest absolute Gasteiger partial charge is 0.300 e. The molecule has 1 aromatic rings. The highest BCUT2D eigenvalue weighted by Gasteiger charge is 2.47. The van der Waals surface area contributed by atoms with Gasteiger partial charge in [-0.15, -0.1) is 0 Å². The molecule has 1 aliphatic carbocycles. The van der Waals surface area contributed by atoms with Gasteiger partial charge < -0.3 is 0 Å². The summed E-state index contributed by atoms with van der Waals surface area (Å²) in [5.41, 5.74) is 0.283. The molecule has 4 nitrogen and oxygen atoms in total. The minimum Gasteiger partial charge on any atom is -0.300 e. The number of ketones is 1. The maximum absolute atomic E-state index is 11.1. The van der Waals surface area contributed by atoms with E-state index < -0.39 is 5.41 Å². The van der Waals surface area contributed by atoms with E-state index in [0.717, 1.165) is 12.2 Å². The first kappa shape index (κ1) is 10.9. The summed E-state index contributed by atoms with van der Waals surface area (Å²) >= 11 is 0. The lowest BCUT2D eigenvalue weighted by molar-refractivity contribution is -0.126. The predicted molar refractivity (Wildman–Crippen MR) is 58.6 cm³/mol. The summed E-state index contributed by atoms with van der Waals surface area (Å²) in [7, 11) is 0. The van der Waals surface area contributed by atoms with E-state index in [1.165, 1.54) is 0 Å². The maximum Gasteiger partial charge on any atom is 0.136 e. The molecular weight excluding hydrogens is 202 g/mol. The van der Waals surface area contributed by atoms with E-state index in [4.69, 9.17) is 0 Å². The molecule has 1 aliphatic rings. The first-order valence-corrected chi connectivity index (χ1v) is 5.52. The minimum atomic E-state index is -0.609. The number of rotatable bonds is 3. The Labute approximate surface area is 94.9 Å². The molecule has 0 aliphatic heterocycles. The lowest BCUT2D eigenvalue weighted by atomic mass is 9.67. The molecule has 1 heterocycles. The quantitative estimate of drug-likeness (QED) is 0.773. The average molecular weight is 217 g/mol. The van der Waals surface area contributed by atoms with Crippen LogP contribution in [0.2, 0.25) is 0 Å².